The molecule has 3 saturated carbocycles. The average molecular weight is 423 g/mol. The number of halogens is 4. The van der Waals surface area contributed by atoms with Gasteiger partial charge in [-0.25, -0.2) is 8.78 Å². The maximum Gasteiger partial charge on any atom is 0.358 e. The van der Waals surface area contributed by atoms with Crippen LogP contribution in [0.5, 0.6) is 0 Å². The Labute approximate surface area is 173 Å². The second-order valence-corrected chi connectivity index (χ2v) is 9.63. The number of hydrogen-bond acceptors (Lipinski definition) is 2. The molecular formula is C23H38F4O2. The zero-order chi connectivity index (χ0) is 21.0. The minimum Gasteiger partial charge on any atom is -0.378 e. The predicted molar refractivity (Wildman–Crippen MR) is 105 cm³/mol. The highest BCUT2D eigenvalue weighted by Crippen LogP contribution is 2.45. The lowest BCUT2D eigenvalue weighted by molar-refractivity contribution is -0.302. The summed E-state index contributed by atoms with van der Waals surface area (Å²) < 4.78 is 68.5. The van der Waals surface area contributed by atoms with Gasteiger partial charge in [-0.2, -0.15) is 8.78 Å². The van der Waals surface area contributed by atoms with Gasteiger partial charge in [0.15, 0.2) is 6.17 Å². The second-order valence-electron chi connectivity index (χ2n) is 9.63. The minimum atomic E-state index is -3.07. The van der Waals surface area contributed by atoms with Gasteiger partial charge in [0.05, 0.1) is 18.1 Å². The zero-order valence-corrected chi connectivity index (χ0v) is 17.9. The van der Waals surface area contributed by atoms with Gasteiger partial charge in [0.1, 0.15) is 6.17 Å². The highest BCUT2D eigenvalue weighted by atomic mass is 19.3. The van der Waals surface area contributed by atoms with E-state index in [9.17, 15) is 17.6 Å². The van der Waals surface area contributed by atoms with E-state index in [1.807, 2.05) is 0 Å². The van der Waals surface area contributed by atoms with E-state index in [1.54, 1.807) is 0 Å². The van der Waals surface area contributed by atoms with Crippen LogP contribution in [0.1, 0.15) is 84.0 Å². The van der Waals surface area contributed by atoms with Gasteiger partial charge in [-0.1, -0.05) is 19.8 Å². The van der Waals surface area contributed by atoms with Gasteiger partial charge in [0.25, 0.3) is 0 Å². The number of ether oxygens (including phenoxy) is 2. The number of hydrogen-bond donors (Lipinski definition) is 0. The first-order chi connectivity index (χ1) is 13.9. The molecule has 0 aromatic carbocycles. The largest absolute Gasteiger partial charge is 0.378 e. The Hall–Kier alpha value is -0.360. The van der Waals surface area contributed by atoms with E-state index in [1.165, 1.54) is 7.11 Å². The molecule has 4 unspecified atom stereocenters. The van der Waals surface area contributed by atoms with Crippen LogP contribution in [-0.4, -0.2) is 37.8 Å². The topological polar surface area (TPSA) is 18.5 Å². The Morgan fingerprint density at radius 2 is 1.48 bits per heavy atom. The quantitative estimate of drug-likeness (QED) is 0.417. The van der Waals surface area contributed by atoms with Crippen molar-refractivity contribution < 1.29 is 27.0 Å². The first kappa shape index (κ1) is 23.3. The standard InChI is InChI=1S/C23H38F4O2/c1-3-4-15-5-9-17(10-6-15)23(26,27)29-18-11-7-16(8-12-18)19-13-14-20(28-2)22(25)21(19)24/h15-22H,3-14H2,1-2H3. The maximum absolute atomic E-state index is 14.7. The van der Waals surface area contributed by atoms with Crippen molar-refractivity contribution >= 4 is 0 Å². The summed E-state index contributed by atoms with van der Waals surface area (Å²) in [4.78, 5) is 0. The number of rotatable bonds is 7. The predicted octanol–water partition coefficient (Wildman–Crippen LogP) is 6.86. The van der Waals surface area contributed by atoms with Gasteiger partial charge < -0.3 is 9.47 Å². The molecule has 0 aliphatic heterocycles. The van der Waals surface area contributed by atoms with Crippen LogP contribution in [0.15, 0.2) is 0 Å². The van der Waals surface area contributed by atoms with Crippen LogP contribution in [0.4, 0.5) is 17.6 Å². The summed E-state index contributed by atoms with van der Waals surface area (Å²) in [6, 6.07) is 0. The third-order valence-electron chi connectivity index (χ3n) is 7.82. The molecule has 4 atom stereocenters. The summed E-state index contributed by atoms with van der Waals surface area (Å²) in [5.74, 6) is -0.366. The SMILES string of the molecule is CCCC1CCC(C(F)(F)OC2CCC(C3CCC(OC)C(F)C3F)CC2)CC1. The first-order valence-corrected chi connectivity index (χ1v) is 11.7. The summed E-state index contributed by atoms with van der Waals surface area (Å²) in [7, 11) is 1.42. The summed E-state index contributed by atoms with van der Waals surface area (Å²) in [5, 5.41) is 0. The molecule has 0 heterocycles. The lowest BCUT2D eigenvalue weighted by Crippen LogP contribution is -2.46. The van der Waals surface area contributed by atoms with Crippen molar-refractivity contribution in [2.75, 3.05) is 7.11 Å². The highest BCUT2D eigenvalue weighted by Gasteiger charge is 2.47. The fraction of sp³-hybridized carbons (Fsp3) is 1.00. The third kappa shape index (κ3) is 5.66. The Morgan fingerprint density at radius 3 is 2.07 bits per heavy atom. The molecule has 0 spiro atoms. The Balaban J connectivity index is 1.45. The van der Waals surface area contributed by atoms with Crippen molar-refractivity contribution in [3.05, 3.63) is 0 Å². The molecule has 0 N–H and O–H groups in total. The Morgan fingerprint density at radius 1 is 0.828 bits per heavy atom. The van der Waals surface area contributed by atoms with E-state index in [-0.39, 0.29) is 11.8 Å². The average Bonchev–Trinajstić information content (AvgIpc) is 2.71. The number of methoxy groups -OCH3 is 1. The first-order valence-electron chi connectivity index (χ1n) is 11.7. The van der Waals surface area contributed by atoms with Gasteiger partial charge in [0, 0.05) is 7.11 Å². The fourth-order valence-corrected chi connectivity index (χ4v) is 6.01. The minimum absolute atomic E-state index is 0.0546. The van der Waals surface area contributed by atoms with Crippen molar-refractivity contribution in [3.63, 3.8) is 0 Å². The van der Waals surface area contributed by atoms with Gasteiger partial charge in [-0.05, 0) is 82.0 Å². The smallest absolute Gasteiger partial charge is 0.358 e. The van der Waals surface area contributed by atoms with Crippen LogP contribution in [-0.2, 0) is 9.47 Å². The van der Waals surface area contributed by atoms with Crippen molar-refractivity contribution in [1.29, 1.82) is 0 Å². The molecular weight excluding hydrogens is 384 g/mol. The molecule has 3 rings (SSSR count). The molecule has 170 valence electrons. The van der Waals surface area contributed by atoms with Crippen LogP contribution in [0.3, 0.4) is 0 Å². The van der Waals surface area contributed by atoms with Crippen molar-refractivity contribution in [2.45, 2.75) is 115 Å². The summed E-state index contributed by atoms with van der Waals surface area (Å²) in [5.41, 5.74) is 0. The number of alkyl halides is 4. The van der Waals surface area contributed by atoms with Gasteiger partial charge in [-0.3, -0.25) is 0 Å². The molecule has 3 fully saturated rings. The maximum atomic E-state index is 14.7. The molecule has 0 aromatic rings. The van der Waals surface area contributed by atoms with Crippen LogP contribution in [0.25, 0.3) is 0 Å². The lowest BCUT2D eigenvalue weighted by Gasteiger charge is -2.42. The van der Waals surface area contributed by atoms with Crippen LogP contribution in [0, 0.1) is 23.7 Å². The molecule has 6 heteroatoms. The molecule has 0 aromatic heterocycles. The normalized spacial score (nSPS) is 42.0. The van der Waals surface area contributed by atoms with E-state index < -0.39 is 36.6 Å². The van der Waals surface area contributed by atoms with Crippen molar-refractivity contribution in [3.8, 4) is 0 Å². The second kappa shape index (κ2) is 10.3. The third-order valence-corrected chi connectivity index (χ3v) is 7.82. The molecule has 3 aliphatic rings. The van der Waals surface area contributed by atoms with E-state index >= 15 is 0 Å². The van der Waals surface area contributed by atoms with E-state index in [0.717, 1.165) is 25.7 Å². The van der Waals surface area contributed by atoms with Crippen LogP contribution >= 0.6 is 0 Å². The molecule has 29 heavy (non-hydrogen) atoms. The Kier molecular flexibility index (Phi) is 8.28. The molecule has 0 radical (unpaired) electrons. The molecule has 3 aliphatic carbocycles. The molecule has 2 nitrogen and oxygen atoms in total. The summed E-state index contributed by atoms with van der Waals surface area (Å²) >= 11 is 0. The Bertz CT molecular complexity index is 487. The molecule has 0 bridgehead atoms. The monoisotopic (exact) mass is 422 g/mol. The van der Waals surface area contributed by atoms with Gasteiger partial charge >= 0.3 is 6.11 Å². The van der Waals surface area contributed by atoms with Gasteiger partial charge in [0.2, 0.25) is 0 Å². The fourth-order valence-electron chi connectivity index (χ4n) is 6.01. The molecule has 0 saturated heterocycles. The van der Waals surface area contributed by atoms with Crippen molar-refractivity contribution in [1.82, 2.24) is 0 Å². The summed E-state index contributed by atoms with van der Waals surface area (Å²) in [6.45, 7) is 2.14. The zero-order valence-electron chi connectivity index (χ0n) is 17.9. The van der Waals surface area contributed by atoms with E-state index in [0.29, 0.717) is 57.3 Å². The van der Waals surface area contributed by atoms with E-state index in [4.69, 9.17) is 9.47 Å². The highest BCUT2D eigenvalue weighted by molar-refractivity contribution is 4.93. The van der Waals surface area contributed by atoms with Crippen LogP contribution < -0.4 is 0 Å². The van der Waals surface area contributed by atoms with Crippen LogP contribution in [0.2, 0.25) is 0 Å². The molecule has 0 amide bonds. The van der Waals surface area contributed by atoms with Gasteiger partial charge in [-0.15, -0.1) is 0 Å². The van der Waals surface area contributed by atoms with Crippen molar-refractivity contribution in [2.24, 2.45) is 23.7 Å². The lowest BCUT2D eigenvalue weighted by atomic mass is 9.71. The summed E-state index contributed by atoms with van der Waals surface area (Å²) in [6.07, 6.45) is 1.20. The van der Waals surface area contributed by atoms with E-state index in [2.05, 4.69) is 6.92 Å².